The van der Waals surface area contributed by atoms with E-state index in [9.17, 15) is 4.79 Å². The number of nitrogens with zero attached hydrogens (tertiary/aromatic N) is 1. The van der Waals surface area contributed by atoms with Gasteiger partial charge in [0.05, 0.1) is 11.7 Å². The van der Waals surface area contributed by atoms with Crippen molar-refractivity contribution in [3.8, 4) is 5.88 Å². The molecular formula is C17H26N2O2. The van der Waals surface area contributed by atoms with Crippen molar-refractivity contribution in [2.24, 2.45) is 5.92 Å². The van der Waals surface area contributed by atoms with Crippen LogP contribution in [-0.4, -0.2) is 23.5 Å². The third kappa shape index (κ3) is 5.37. The number of aromatic nitrogens is 1. The van der Waals surface area contributed by atoms with Crippen LogP contribution in [0.25, 0.3) is 0 Å². The molecule has 0 saturated heterocycles. The Morgan fingerprint density at radius 1 is 1.38 bits per heavy atom. The van der Waals surface area contributed by atoms with E-state index < -0.39 is 0 Å². The smallest absolute Gasteiger partial charge is 0.252 e. The zero-order valence-electron chi connectivity index (χ0n) is 13.1. The number of hydrogen-bond donors (Lipinski definition) is 1. The fourth-order valence-corrected chi connectivity index (χ4v) is 2.82. The third-order valence-corrected chi connectivity index (χ3v) is 3.90. The maximum atomic E-state index is 12.0. The molecule has 1 aliphatic carbocycles. The molecule has 0 radical (unpaired) electrons. The minimum atomic E-state index is -0.0509. The highest BCUT2D eigenvalue weighted by atomic mass is 16.5. The molecule has 1 N–H and O–H groups in total. The lowest BCUT2D eigenvalue weighted by molar-refractivity contribution is 0.0952. The van der Waals surface area contributed by atoms with Gasteiger partial charge in [0.1, 0.15) is 0 Å². The second-order valence-electron chi connectivity index (χ2n) is 6.10. The van der Waals surface area contributed by atoms with Gasteiger partial charge in [-0.1, -0.05) is 25.7 Å². The molecule has 0 bridgehead atoms. The molecule has 0 aromatic carbocycles. The molecule has 0 atom stereocenters. The topological polar surface area (TPSA) is 51.2 Å². The van der Waals surface area contributed by atoms with E-state index in [4.69, 9.17) is 4.74 Å². The lowest BCUT2D eigenvalue weighted by Gasteiger charge is -2.10. The Labute approximate surface area is 127 Å². The maximum absolute atomic E-state index is 12.0. The van der Waals surface area contributed by atoms with E-state index >= 15 is 0 Å². The van der Waals surface area contributed by atoms with Gasteiger partial charge in [0.15, 0.2) is 0 Å². The van der Waals surface area contributed by atoms with Gasteiger partial charge in [0.2, 0.25) is 5.88 Å². The van der Waals surface area contributed by atoms with Crippen LogP contribution in [0.2, 0.25) is 0 Å². The Balaban J connectivity index is 1.69. The SMILES string of the molecule is CC(C)Oc1ccc(C(=O)NCCCC2CCCC2)cn1. The van der Waals surface area contributed by atoms with Gasteiger partial charge in [-0.3, -0.25) is 4.79 Å². The quantitative estimate of drug-likeness (QED) is 0.781. The summed E-state index contributed by atoms with van der Waals surface area (Å²) in [7, 11) is 0. The van der Waals surface area contributed by atoms with Gasteiger partial charge in [-0.15, -0.1) is 0 Å². The van der Waals surface area contributed by atoms with Crippen molar-refractivity contribution in [1.82, 2.24) is 10.3 Å². The van der Waals surface area contributed by atoms with Crippen molar-refractivity contribution in [3.63, 3.8) is 0 Å². The second kappa shape index (κ2) is 8.01. The molecule has 1 saturated carbocycles. The number of hydrogen-bond acceptors (Lipinski definition) is 3. The lowest BCUT2D eigenvalue weighted by atomic mass is 10.0. The predicted octanol–water partition coefficient (Wildman–Crippen LogP) is 3.57. The molecule has 1 aromatic rings. The molecule has 1 heterocycles. The molecule has 1 aliphatic rings. The van der Waals surface area contributed by atoms with Gasteiger partial charge >= 0.3 is 0 Å². The first-order valence-corrected chi connectivity index (χ1v) is 8.06. The zero-order chi connectivity index (χ0) is 15.1. The average molecular weight is 290 g/mol. The standard InChI is InChI=1S/C17H26N2O2/c1-13(2)21-16-10-9-15(12-19-16)17(20)18-11-5-8-14-6-3-4-7-14/h9-10,12-14H,3-8,11H2,1-2H3,(H,18,20). The Morgan fingerprint density at radius 2 is 2.14 bits per heavy atom. The van der Waals surface area contributed by atoms with Gasteiger partial charge in [-0.2, -0.15) is 0 Å². The molecule has 2 rings (SSSR count). The largest absolute Gasteiger partial charge is 0.475 e. The molecule has 1 amide bonds. The Bertz CT molecular complexity index is 437. The number of nitrogens with one attached hydrogen (secondary N) is 1. The monoisotopic (exact) mass is 290 g/mol. The summed E-state index contributed by atoms with van der Waals surface area (Å²) in [5.74, 6) is 1.39. The molecule has 1 aromatic heterocycles. The van der Waals surface area contributed by atoms with Crippen LogP contribution in [0.5, 0.6) is 5.88 Å². The molecule has 4 nitrogen and oxygen atoms in total. The van der Waals surface area contributed by atoms with Crippen molar-refractivity contribution < 1.29 is 9.53 Å². The average Bonchev–Trinajstić information content (AvgIpc) is 2.97. The third-order valence-electron chi connectivity index (χ3n) is 3.90. The minimum absolute atomic E-state index is 0.0509. The maximum Gasteiger partial charge on any atom is 0.252 e. The van der Waals surface area contributed by atoms with Crippen molar-refractivity contribution >= 4 is 5.91 Å². The van der Waals surface area contributed by atoms with Crippen molar-refractivity contribution in [2.75, 3.05) is 6.54 Å². The molecule has 0 unspecified atom stereocenters. The number of amides is 1. The van der Waals surface area contributed by atoms with E-state index in [1.165, 1.54) is 32.1 Å². The summed E-state index contributed by atoms with van der Waals surface area (Å²) in [4.78, 5) is 16.1. The fourth-order valence-electron chi connectivity index (χ4n) is 2.82. The first-order valence-electron chi connectivity index (χ1n) is 8.06. The normalized spacial score (nSPS) is 15.4. The molecule has 0 spiro atoms. The number of rotatable bonds is 7. The van der Waals surface area contributed by atoms with E-state index in [-0.39, 0.29) is 12.0 Å². The summed E-state index contributed by atoms with van der Waals surface area (Å²) < 4.78 is 5.46. The van der Waals surface area contributed by atoms with Gasteiger partial charge < -0.3 is 10.1 Å². The van der Waals surface area contributed by atoms with Gasteiger partial charge in [-0.05, 0) is 38.7 Å². The van der Waals surface area contributed by atoms with E-state index in [1.807, 2.05) is 13.8 Å². The summed E-state index contributed by atoms with van der Waals surface area (Å²) in [6.45, 7) is 4.65. The lowest BCUT2D eigenvalue weighted by Crippen LogP contribution is -2.24. The van der Waals surface area contributed by atoms with Crippen LogP contribution in [-0.2, 0) is 0 Å². The first kappa shape index (κ1) is 15.8. The molecule has 4 heteroatoms. The van der Waals surface area contributed by atoms with Crippen LogP contribution in [0.15, 0.2) is 18.3 Å². The molecule has 116 valence electrons. The van der Waals surface area contributed by atoms with Crippen molar-refractivity contribution in [3.05, 3.63) is 23.9 Å². The first-order chi connectivity index (χ1) is 10.1. The highest BCUT2D eigenvalue weighted by molar-refractivity contribution is 5.93. The summed E-state index contributed by atoms with van der Waals surface area (Å²) >= 11 is 0. The van der Waals surface area contributed by atoms with Crippen LogP contribution in [0.4, 0.5) is 0 Å². The number of carbonyl (C=O) groups is 1. The molecule has 0 aliphatic heterocycles. The number of ether oxygens (including phenoxy) is 1. The van der Waals surface area contributed by atoms with Gasteiger partial charge in [0.25, 0.3) is 5.91 Å². The van der Waals surface area contributed by atoms with E-state index in [1.54, 1.807) is 18.3 Å². The second-order valence-corrected chi connectivity index (χ2v) is 6.10. The Morgan fingerprint density at radius 3 is 2.76 bits per heavy atom. The fraction of sp³-hybridized carbons (Fsp3) is 0.647. The van der Waals surface area contributed by atoms with Gasteiger partial charge in [-0.25, -0.2) is 4.98 Å². The molecular weight excluding hydrogens is 264 g/mol. The Hall–Kier alpha value is -1.58. The van der Waals surface area contributed by atoms with Crippen LogP contribution >= 0.6 is 0 Å². The molecule has 21 heavy (non-hydrogen) atoms. The summed E-state index contributed by atoms with van der Waals surface area (Å²) in [6.07, 6.45) is 9.47. The van der Waals surface area contributed by atoms with Crippen LogP contribution in [0, 0.1) is 5.92 Å². The van der Waals surface area contributed by atoms with E-state index in [0.717, 1.165) is 18.9 Å². The van der Waals surface area contributed by atoms with Gasteiger partial charge in [0, 0.05) is 18.8 Å². The van der Waals surface area contributed by atoms with E-state index in [0.29, 0.717) is 11.4 Å². The van der Waals surface area contributed by atoms with Crippen LogP contribution < -0.4 is 10.1 Å². The summed E-state index contributed by atoms with van der Waals surface area (Å²) in [6, 6.07) is 3.50. The highest BCUT2D eigenvalue weighted by Gasteiger charge is 2.14. The predicted molar refractivity (Wildman–Crippen MR) is 83.5 cm³/mol. The minimum Gasteiger partial charge on any atom is -0.475 e. The molecule has 1 fully saturated rings. The summed E-state index contributed by atoms with van der Waals surface area (Å²) in [5.41, 5.74) is 0.590. The van der Waals surface area contributed by atoms with Crippen molar-refractivity contribution in [2.45, 2.75) is 58.5 Å². The number of carbonyl (C=O) groups excluding carboxylic acids is 1. The number of pyridine rings is 1. The van der Waals surface area contributed by atoms with Crippen molar-refractivity contribution in [1.29, 1.82) is 0 Å². The van der Waals surface area contributed by atoms with Crippen LogP contribution in [0.1, 0.15) is 62.7 Å². The highest BCUT2D eigenvalue weighted by Crippen LogP contribution is 2.28. The van der Waals surface area contributed by atoms with Crippen LogP contribution in [0.3, 0.4) is 0 Å². The Kier molecular flexibility index (Phi) is 6.03. The van der Waals surface area contributed by atoms with E-state index in [2.05, 4.69) is 10.3 Å². The zero-order valence-corrected chi connectivity index (χ0v) is 13.1. The summed E-state index contributed by atoms with van der Waals surface area (Å²) in [5, 5.41) is 2.96.